The number of hydrogen-bond acceptors (Lipinski definition) is 0. The van der Waals surface area contributed by atoms with Crippen LogP contribution in [-0.2, 0) is 0 Å². The molecule has 0 unspecified atom stereocenters. The van der Waals surface area contributed by atoms with Crippen LogP contribution in [-0.4, -0.2) is 19.0 Å². The lowest BCUT2D eigenvalue weighted by Gasteiger charge is -2.02. The average molecular weight is 275 g/mol. The Bertz CT molecular complexity index is 364. The molecule has 0 heterocycles. The van der Waals surface area contributed by atoms with Crippen LogP contribution in [0.15, 0.2) is 47.6 Å². The molecule has 1 rings (SSSR count). The van der Waals surface area contributed by atoms with Crippen LogP contribution in [0, 0.1) is 0 Å². The zero-order valence-electron chi connectivity index (χ0n) is 12.3. The van der Waals surface area contributed by atoms with Crippen molar-refractivity contribution in [1.82, 2.24) is 0 Å². The van der Waals surface area contributed by atoms with Gasteiger partial charge >= 0.3 is 0 Å². The molecule has 0 nitrogen and oxygen atoms in total. The molecule has 2 heteroatoms. The van der Waals surface area contributed by atoms with E-state index >= 15 is 0 Å². The second-order valence-electron chi connectivity index (χ2n) is 5.46. The fourth-order valence-corrected chi connectivity index (χ4v) is 5.18. The summed E-state index contributed by atoms with van der Waals surface area (Å²) < 4.78 is 0. The van der Waals surface area contributed by atoms with E-state index in [0.717, 1.165) is 0 Å². The van der Waals surface area contributed by atoms with Crippen LogP contribution in [0.2, 0.25) is 12.1 Å². The lowest BCUT2D eigenvalue weighted by atomic mass is 10.3. The van der Waals surface area contributed by atoms with Gasteiger partial charge in [-0.05, 0) is 39.8 Å². The molecule has 0 aliphatic carbocycles. The zero-order chi connectivity index (χ0) is 13.4. The van der Waals surface area contributed by atoms with Crippen molar-refractivity contribution >= 4 is 29.4 Å². The van der Waals surface area contributed by atoms with Crippen LogP contribution in [0.3, 0.4) is 0 Å². The van der Waals surface area contributed by atoms with Crippen molar-refractivity contribution in [2.24, 2.45) is 0 Å². The highest BCUT2D eigenvalue weighted by Gasteiger charge is 1.95. The number of hydrogen-bond donors (Lipinski definition) is 0. The molecule has 0 saturated heterocycles. The molecule has 1 aromatic rings. The van der Waals surface area contributed by atoms with Gasteiger partial charge in [0.2, 0.25) is 0 Å². The van der Waals surface area contributed by atoms with E-state index in [2.05, 4.69) is 64.1 Å². The standard InChI is InChI=1S/C16H26Si2/c1-13(2)9-11-17-15-5-7-16(8-6-15)18-12-10-14(3)4/h5-10H,11-12,17-18H2,1-4H3. The number of rotatable bonds is 6. The van der Waals surface area contributed by atoms with E-state index in [4.69, 9.17) is 0 Å². The normalized spacial score (nSPS) is 11.3. The minimum atomic E-state index is -0.0751. The first kappa shape index (κ1) is 15.2. The van der Waals surface area contributed by atoms with Gasteiger partial charge in [-0.15, -0.1) is 0 Å². The zero-order valence-corrected chi connectivity index (χ0v) is 15.1. The lowest BCUT2D eigenvalue weighted by Crippen LogP contribution is -2.19. The highest BCUT2D eigenvalue weighted by molar-refractivity contribution is 6.56. The van der Waals surface area contributed by atoms with E-state index in [1.807, 2.05) is 0 Å². The maximum absolute atomic E-state index is 2.38. The highest BCUT2D eigenvalue weighted by Crippen LogP contribution is 1.94. The van der Waals surface area contributed by atoms with Gasteiger partial charge in [0.25, 0.3) is 0 Å². The van der Waals surface area contributed by atoms with E-state index in [-0.39, 0.29) is 19.0 Å². The molecule has 18 heavy (non-hydrogen) atoms. The van der Waals surface area contributed by atoms with E-state index in [1.165, 1.54) is 23.2 Å². The topological polar surface area (TPSA) is 0 Å². The van der Waals surface area contributed by atoms with Crippen molar-refractivity contribution in [2.45, 2.75) is 39.8 Å². The largest absolute Gasteiger partial charge is 0.0887 e. The maximum atomic E-state index is 2.38. The second-order valence-corrected chi connectivity index (χ2v) is 9.24. The third-order valence-corrected chi connectivity index (χ3v) is 6.25. The van der Waals surface area contributed by atoms with Gasteiger partial charge in [-0.2, -0.15) is 0 Å². The average Bonchev–Trinajstić information content (AvgIpc) is 2.30. The molecule has 0 aromatic heterocycles. The van der Waals surface area contributed by atoms with Crippen molar-refractivity contribution in [1.29, 1.82) is 0 Å². The Labute approximate surface area is 117 Å². The Morgan fingerprint density at radius 2 is 1.11 bits per heavy atom. The van der Waals surface area contributed by atoms with Crippen LogP contribution in [0.5, 0.6) is 0 Å². The highest BCUT2D eigenvalue weighted by atomic mass is 28.2. The smallest absolute Gasteiger partial charge is 0.0584 e. The fourth-order valence-electron chi connectivity index (χ4n) is 1.93. The van der Waals surface area contributed by atoms with Gasteiger partial charge in [0, 0.05) is 0 Å². The second kappa shape index (κ2) is 8.27. The summed E-state index contributed by atoms with van der Waals surface area (Å²) in [6.45, 7) is 8.75. The first-order valence-corrected chi connectivity index (χ1v) is 10.3. The van der Waals surface area contributed by atoms with Gasteiger partial charge in [0.05, 0.1) is 19.0 Å². The summed E-state index contributed by atoms with van der Waals surface area (Å²) in [5.74, 6) is 0. The molecule has 1 aromatic carbocycles. The molecule has 0 saturated carbocycles. The Balaban J connectivity index is 2.42. The molecule has 0 spiro atoms. The summed E-state index contributed by atoms with van der Waals surface area (Å²) >= 11 is 0. The summed E-state index contributed by atoms with van der Waals surface area (Å²) in [6.07, 6.45) is 4.76. The van der Waals surface area contributed by atoms with Gasteiger partial charge in [-0.3, -0.25) is 0 Å². The van der Waals surface area contributed by atoms with Crippen molar-refractivity contribution in [3.63, 3.8) is 0 Å². The Morgan fingerprint density at radius 3 is 1.39 bits per heavy atom. The molecule has 0 bridgehead atoms. The quantitative estimate of drug-likeness (QED) is 0.550. The first-order chi connectivity index (χ1) is 8.58. The summed E-state index contributed by atoms with van der Waals surface area (Å²) in [4.78, 5) is 0. The number of benzene rings is 1. The van der Waals surface area contributed by atoms with E-state index in [0.29, 0.717) is 0 Å². The molecule has 0 aliphatic rings. The third-order valence-electron chi connectivity index (χ3n) is 2.99. The summed E-state index contributed by atoms with van der Waals surface area (Å²) in [5.41, 5.74) is 2.90. The van der Waals surface area contributed by atoms with Gasteiger partial charge < -0.3 is 0 Å². The lowest BCUT2D eigenvalue weighted by molar-refractivity contribution is 1.36. The van der Waals surface area contributed by atoms with Gasteiger partial charge in [-0.1, -0.05) is 57.9 Å². The van der Waals surface area contributed by atoms with Gasteiger partial charge in [0.1, 0.15) is 0 Å². The van der Waals surface area contributed by atoms with Crippen molar-refractivity contribution < 1.29 is 0 Å². The Kier molecular flexibility index (Phi) is 6.98. The fraction of sp³-hybridized carbons (Fsp3) is 0.375. The molecule has 0 atom stereocenters. The first-order valence-electron chi connectivity index (χ1n) is 6.92. The van der Waals surface area contributed by atoms with Crippen LogP contribution >= 0.6 is 0 Å². The molecule has 0 fully saturated rings. The van der Waals surface area contributed by atoms with Crippen LogP contribution in [0.4, 0.5) is 0 Å². The minimum absolute atomic E-state index is 0.0751. The van der Waals surface area contributed by atoms with Crippen LogP contribution in [0.25, 0.3) is 0 Å². The number of allylic oxidation sites excluding steroid dienone is 4. The predicted molar refractivity (Wildman–Crippen MR) is 91.3 cm³/mol. The maximum Gasteiger partial charge on any atom is 0.0584 e. The SMILES string of the molecule is CC(C)=CC[SiH2]c1ccc([SiH2]CC=C(C)C)cc1. The summed E-state index contributed by atoms with van der Waals surface area (Å²) in [5, 5.41) is 3.21. The van der Waals surface area contributed by atoms with Gasteiger partial charge in [0.15, 0.2) is 0 Å². The van der Waals surface area contributed by atoms with Crippen molar-refractivity contribution in [2.75, 3.05) is 0 Å². The predicted octanol–water partition coefficient (Wildman–Crippen LogP) is 2.04. The molecule has 98 valence electrons. The Morgan fingerprint density at radius 1 is 0.778 bits per heavy atom. The molecule has 0 N–H and O–H groups in total. The van der Waals surface area contributed by atoms with E-state index in [1.54, 1.807) is 10.4 Å². The van der Waals surface area contributed by atoms with Crippen molar-refractivity contribution in [3.05, 3.63) is 47.6 Å². The monoisotopic (exact) mass is 274 g/mol. The molecule has 0 radical (unpaired) electrons. The molecular formula is C16H26Si2. The molecule has 0 aliphatic heterocycles. The molecule has 0 amide bonds. The van der Waals surface area contributed by atoms with Crippen LogP contribution in [0.1, 0.15) is 27.7 Å². The van der Waals surface area contributed by atoms with E-state index < -0.39 is 0 Å². The van der Waals surface area contributed by atoms with Crippen molar-refractivity contribution in [3.8, 4) is 0 Å². The summed E-state index contributed by atoms with van der Waals surface area (Å²) in [7, 11) is -0.150. The van der Waals surface area contributed by atoms with Gasteiger partial charge in [-0.25, -0.2) is 0 Å². The third kappa shape index (κ3) is 6.77. The summed E-state index contributed by atoms with van der Waals surface area (Å²) in [6, 6.07) is 12.1. The van der Waals surface area contributed by atoms with Crippen LogP contribution < -0.4 is 10.4 Å². The van der Waals surface area contributed by atoms with E-state index in [9.17, 15) is 0 Å². The minimum Gasteiger partial charge on any atom is -0.0887 e. The Hall–Kier alpha value is -0.866. The molecular weight excluding hydrogens is 248 g/mol.